The van der Waals surface area contributed by atoms with E-state index in [2.05, 4.69) is 44.0 Å². The third kappa shape index (κ3) is 4.55. The fraction of sp³-hybridized carbons (Fsp3) is 0.435. The Morgan fingerprint density at radius 2 is 1.84 bits per heavy atom. The first-order valence-electron chi connectivity index (χ1n) is 10.6. The van der Waals surface area contributed by atoms with Crippen LogP contribution in [-0.2, 0) is 6.54 Å². The summed E-state index contributed by atoms with van der Waals surface area (Å²) in [6.07, 6.45) is 1.47. The number of Topliss-reactive ketones (excluding diaryl/α,β-unsaturated/α-hetero) is 1. The Morgan fingerprint density at radius 3 is 2.52 bits per heavy atom. The minimum atomic E-state index is 0.146. The van der Waals surface area contributed by atoms with Crippen LogP contribution in [0.4, 0.5) is 0 Å². The monoisotopic (exact) mass is 422 g/mol. The van der Waals surface area contributed by atoms with Crippen molar-refractivity contribution in [3.05, 3.63) is 58.7 Å². The normalized spacial score (nSPS) is 15.4. The van der Waals surface area contributed by atoms with Crippen molar-refractivity contribution in [1.82, 2.24) is 29.5 Å². The molecule has 1 aliphatic rings. The topological polar surface area (TPSA) is 79.3 Å². The molecule has 31 heavy (non-hydrogen) atoms. The smallest absolute Gasteiger partial charge is 0.229 e. The van der Waals surface area contributed by atoms with Gasteiger partial charge in [0.25, 0.3) is 0 Å². The quantitative estimate of drug-likeness (QED) is 0.590. The van der Waals surface area contributed by atoms with E-state index in [1.54, 1.807) is 7.11 Å². The average molecular weight is 423 g/mol. The third-order valence-corrected chi connectivity index (χ3v) is 6.01. The molecule has 1 N–H and O–H groups in total. The van der Waals surface area contributed by atoms with E-state index in [0.29, 0.717) is 12.5 Å². The van der Waals surface area contributed by atoms with E-state index in [9.17, 15) is 4.79 Å². The summed E-state index contributed by atoms with van der Waals surface area (Å²) in [5.74, 6) is 1.72. The molecule has 0 atom stereocenters. The van der Waals surface area contributed by atoms with Gasteiger partial charge in [-0.1, -0.05) is 17.7 Å². The van der Waals surface area contributed by atoms with Crippen LogP contribution in [0.25, 0.3) is 5.95 Å². The zero-order valence-corrected chi connectivity index (χ0v) is 18.7. The van der Waals surface area contributed by atoms with E-state index < -0.39 is 0 Å². The van der Waals surface area contributed by atoms with Crippen molar-refractivity contribution in [2.24, 2.45) is 0 Å². The lowest BCUT2D eigenvalue weighted by molar-refractivity contribution is 0.0842. The lowest BCUT2D eigenvalue weighted by atomic mass is 10.1. The van der Waals surface area contributed by atoms with E-state index in [4.69, 9.17) is 4.74 Å². The van der Waals surface area contributed by atoms with Crippen LogP contribution in [0.1, 0.15) is 32.9 Å². The number of H-pyrrole nitrogens is 1. The number of aromatic nitrogens is 4. The highest BCUT2D eigenvalue weighted by Crippen LogP contribution is 2.23. The summed E-state index contributed by atoms with van der Waals surface area (Å²) in [4.78, 5) is 21.9. The molecule has 3 heterocycles. The molecule has 0 unspecified atom stereocenters. The number of ketones is 1. The molecule has 2 aromatic heterocycles. The van der Waals surface area contributed by atoms with Gasteiger partial charge in [0.15, 0.2) is 5.78 Å². The number of aromatic amines is 1. The number of benzene rings is 1. The predicted molar refractivity (Wildman–Crippen MR) is 119 cm³/mol. The van der Waals surface area contributed by atoms with Crippen LogP contribution in [0.2, 0.25) is 0 Å². The molecule has 0 bridgehead atoms. The molecule has 164 valence electrons. The fourth-order valence-corrected chi connectivity index (χ4v) is 4.34. The van der Waals surface area contributed by atoms with Gasteiger partial charge in [-0.3, -0.25) is 19.2 Å². The molecule has 8 heteroatoms. The van der Waals surface area contributed by atoms with Gasteiger partial charge in [-0.15, -0.1) is 0 Å². The molecule has 1 aliphatic heterocycles. The Balaban J connectivity index is 1.36. The van der Waals surface area contributed by atoms with Gasteiger partial charge in [0.05, 0.1) is 13.7 Å². The van der Waals surface area contributed by atoms with Crippen LogP contribution in [0.3, 0.4) is 0 Å². The Hall–Kier alpha value is -2.97. The molecular formula is C23H30N6O2. The van der Waals surface area contributed by atoms with Crippen molar-refractivity contribution in [1.29, 1.82) is 0 Å². The van der Waals surface area contributed by atoms with Crippen molar-refractivity contribution in [2.75, 3.05) is 39.8 Å². The molecular weight excluding hydrogens is 392 g/mol. The van der Waals surface area contributed by atoms with Crippen LogP contribution in [0.5, 0.6) is 5.75 Å². The standard InChI is InChI=1S/C23H30N6O2/c1-16-5-6-22(31-4)19(11-16)13-27-7-9-28(10-8-27)14-21(30)20-12-17(2)29(18(20)3)23-24-15-25-26-23/h5-6,11-12,15H,7-10,13-14H2,1-4H3,(H,24,25,26). The number of carbonyl (C=O) groups is 1. The molecule has 4 rings (SSSR count). The van der Waals surface area contributed by atoms with Gasteiger partial charge >= 0.3 is 0 Å². The summed E-state index contributed by atoms with van der Waals surface area (Å²) in [6.45, 7) is 10.9. The summed E-state index contributed by atoms with van der Waals surface area (Å²) in [5.41, 5.74) is 5.06. The molecule has 0 aliphatic carbocycles. The van der Waals surface area contributed by atoms with E-state index in [1.807, 2.05) is 30.5 Å². The van der Waals surface area contributed by atoms with Gasteiger partial charge in [-0.05, 0) is 32.9 Å². The summed E-state index contributed by atoms with van der Waals surface area (Å²) in [5, 5.41) is 6.79. The first kappa shape index (κ1) is 21.3. The Kier molecular flexibility index (Phi) is 6.20. The minimum Gasteiger partial charge on any atom is -0.496 e. The molecule has 1 saturated heterocycles. The lowest BCUT2D eigenvalue weighted by Crippen LogP contribution is -2.47. The van der Waals surface area contributed by atoms with Gasteiger partial charge in [0, 0.05) is 55.2 Å². The molecule has 8 nitrogen and oxygen atoms in total. The molecule has 0 radical (unpaired) electrons. The summed E-state index contributed by atoms with van der Waals surface area (Å²) >= 11 is 0. The van der Waals surface area contributed by atoms with Gasteiger partial charge in [0.1, 0.15) is 12.1 Å². The van der Waals surface area contributed by atoms with Crippen molar-refractivity contribution < 1.29 is 9.53 Å². The lowest BCUT2D eigenvalue weighted by Gasteiger charge is -2.34. The Morgan fingerprint density at radius 1 is 1.10 bits per heavy atom. The number of piperazine rings is 1. The highest BCUT2D eigenvalue weighted by molar-refractivity contribution is 5.99. The molecule has 3 aromatic rings. The zero-order valence-electron chi connectivity index (χ0n) is 18.7. The summed E-state index contributed by atoms with van der Waals surface area (Å²) in [6, 6.07) is 8.25. The molecule has 1 fully saturated rings. The van der Waals surface area contributed by atoms with E-state index in [1.165, 1.54) is 17.5 Å². The van der Waals surface area contributed by atoms with E-state index in [-0.39, 0.29) is 5.78 Å². The van der Waals surface area contributed by atoms with Gasteiger partial charge in [0.2, 0.25) is 5.95 Å². The van der Waals surface area contributed by atoms with Crippen molar-refractivity contribution in [3.63, 3.8) is 0 Å². The molecule has 0 amide bonds. The predicted octanol–water partition coefficient (Wildman–Crippen LogP) is 2.53. The van der Waals surface area contributed by atoms with Crippen LogP contribution >= 0.6 is 0 Å². The molecule has 1 aromatic carbocycles. The van der Waals surface area contributed by atoms with Crippen LogP contribution in [-0.4, -0.2) is 75.2 Å². The largest absolute Gasteiger partial charge is 0.496 e. The Bertz CT molecular complexity index is 1050. The first-order valence-corrected chi connectivity index (χ1v) is 10.6. The van der Waals surface area contributed by atoms with Crippen LogP contribution < -0.4 is 4.74 Å². The number of ether oxygens (including phenoxy) is 1. The van der Waals surface area contributed by atoms with E-state index >= 15 is 0 Å². The highest BCUT2D eigenvalue weighted by atomic mass is 16.5. The third-order valence-electron chi connectivity index (χ3n) is 6.01. The maximum absolute atomic E-state index is 13.0. The number of aryl methyl sites for hydroxylation is 2. The second-order valence-electron chi connectivity index (χ2n) is 8.22. The highest BCUT2D eigenvalue weighted by Gasteiger charge is 2.23. The minimum absolute atomic E-state index is 0.146. The maximum Gasteiger partial charge on any atom is 0.229 e. The second-order valence-corrected chi connectivity index (χ2v) is 8.22. The van der Waals surface area contributed by atoms with Crippen molar-refractivity contribution >= 4 is 5.78 Å². The van der Waals surface area contributed by atoms with Crippen LogP contribution in [0.15, 0.2) is 30.6 Å². The van der Waals surface area contributed by atoms with Crippen molar-refractivity contribution in [2.45, 2.75) is 27.3 Å². The number of nitrogens with one attached hydrogen (secondary N) is 1. The SMILES string of the molecule is COc1ccc(C)cc1CN1CCN(CC(=O)c2cc(C)n(-c3ncn[nH]3)c2C)CC1. The van der Waals surface area contributed by atoms with Gasteiger partial charge < -0.3 is 4.74 Å². The number of hydrogen-bond donors (Lipinski definition) is 1. The Labute approximate surface area is 182 Å². The molecule has 0 spiro atoms. The van der Waals surface area contributed by atoms with Crippen LogP contribution in [0, 0.1) is 20.8 Å². The number of methoxy groups -OCH3 is 1. The van der Waals surface area contributed by atoms with Gasteiger partial charge in [-0.25, -0.2) is 5.10 Å². The zero-order chi connectivity index (χ0) is 22.0. The van der Waals surface area contributed by atoms with Gasteiger partial charge in [-0.2, -0.15) is 10.1 Å². The summed E-state index contributed by atoms with van der Waals surface area (Å²) in [7, 11) is 1.72. The second kappa shape index (κ2) is 9.03. The average Bonchev–Trinajstić information content (AvgIpc) is 3.37. The first-order chi connectivity index (χ1) is 15.0. The number of hydrogen-bond acceptors (Lipinski definition) is 6. The number of rotatable bonds is 7. The maximum atomic E-state index is 13.0. The van der Waals surface area contributed by atoms with Crippen molar-refractivity contribution in [3.8, 4) is 11.7 Å². The number of nitrogens with zero attached hydrogens (tertiary/aromatic N) is 5. The fourth-order valence-electron chi connectivity index (χ4n) is 4.34. The number of carbonyl (C=O) groups excluding carboxylic acids is 1. The summed E-state index contributed by atoms with van der Waals surface area (Å²) < 4.78 is 7.46. The van der Waals surface area contributed by atoms with E-state index in [0.717, 1.165) is 55.4 Å². The molecule has 0 saturated carbocycles.